The Bertz CT molecular complexity index is 1970. The van der Waals surface area contributed by atoms with Crippen molar-refractivity contribution in [2.24, 2.45) is 0 Å². The van der Waals surface area contributed by atoms with Crippen LogP contribution in [0, 0.1) is 0 Å². The SMILES string of the molecule is CC.O=C1c2ccccc2C(=O)c2c1ccc1nc(-c3nc4ccc5c(c4s3)C(=O)c3ccccc3C5=O)sc21. The van der Waals surface area contributed by atoms with Crippen LogP contribution in [0.25, 0.3) is 30.4 Å². The van der Waals surface area contributed by atoms with Gasteiger partial charge in [-0.2, -0.15) is 0 Å². The summed E-state index contributed by atoms with van der Waals surface area (Å²) >= 11 is 2.60. The van der Waals surface area contributed by atoms with Gasteiger partial charge in [-0.3, -0.25) is 19.2 Å². The molecule has 0 spiro atoms. The van der Waals surface area contributed by atoms with Crippen molar-refractivity contribution in [1.29, 1.82) is 0 Å². The maximum absolute atomic E-state index is 13.4. The van der Waals surface area contributed by atoms with Crippen LogP contribution in [0.2, 0.25) is 0 Å². The molecular formula is C32H18N2O4S2. The van der Waals surface area contributed by atoms with Crippen molar-refractivity contribution >= 4 is 66.2 Å². The van der Waals surface area contributed by atoms with Gasteiger partial charge in [0.05, 0.1) is 31.6 Å². The van der Waals surface area contributed by atoms with E-state index in [0.29, 0.717) is 75.0 Å². The Kier molecular flexibility index (Phi) is 5.45. The lowest BCUT2D eigenvalue weighted by Crippen LogP contribution is -2.20. The van der Waals surface area contributed by atoms with E-state index in [1.807, 2.05) is 13.8 Å². The molecule has 8 heteroatoms. The maximum atomic E-state index is 13.4. The van der Waals surface area contributed by atoms with Crippen LogP contribution >= 0.6 is 22.7 Å². The van der Waals surface area contributed by atoms with Crippen molar-refractivity contribution < 1.29 is 19.2 Å². The van der Waals surface area contributed by atoms with Gasteiger partial charge in [-0.05, 0) is 24.3 Å². The fourth-order valence-corrected chi connectivity index (χ4v) is 7.55. The minimum Gasteiger partial charge on any atom is -0.289 e. The molecule has 0 saturated heterocycles. The topological polar surface area (TPSA) is 94.1 Å². The molecule has 0 unspecified atom stereocenters. The molecule has 2 aliphatic carbocycles. The lowest BCUT2D eigenvalue weighted by molar-refractivity contribution is 0.0980. The summed E-state index contributed by atoms with van der Waals surface area (Å²) in [5.41, 5.74) is 4.28. The van der Waals surface area contributed by atoms with Crippen molar-refractivity contribution in [3.63, 3.8) is 0 Å². The van der Waals surface area contributed by atoms with E-state index in [0.717, 1.165) is 0 Å². The van der Waals surface area contributed by atoms with Crippen LogP contribution < -0.4 is 0 Å². The van der Waals surface area contributed by atoms with Gasteiger partial charge in [-0.25, -0.2) is 9.97 Å². The summed E-state index contributed by atoms with van der Waals surface area (Å²) in [5, 5.41) is 1.16. The number of carbonyl (C=O) groups is 4. The third kappa shape index (κ3) is 3.27. The first kappa shape index (κ1) is 24.4. The van der Waals surface area contributed by atoms with E-state index >= 15 is 0 Å². The number of hydrogen-bond donors (Lipinski definition) is 0. The van der Waals surface area contributed by atoms with E-state index in [-0.39, 0.29) is 23.1 Å². The van der Waals surface area contributed by atoms with Crippen molar-refractivity contribution in [2.75, 3.05) is 0 Å². The summed E-state index contributed by atoms with van der Waals surface area (Å²) in [6.07, 6.45) is 0. The Hall–Kier alpha value is -4.66. The third-order valence-electron chi connectivity index (χ3n) is 7.07. The second-order valence-corrected chi connectivity index (χ2v) is 11.1. The fraction of sp³-hybridized carbons (Fsp3) is 0.0625. The van der Waals surface area contributed by atoms with Crippen LogP contribution in [0.3, 0.4) is 0 Å². The van der Waals surface area contributed by atoms with Crippen molar-refractivity contribution in [2.45, 2.75) is 13.8 Å². The van der Waals surface area contributed by atoms with E-state index in [9.17, 15) is 19.2 Å². The van der Waals surface area contributed by atoms with Gasteiger partial charge in [0.1, 0.15) is 0 Å². The molecule has 0 fully saturated rings. The smallest absolute Gasteiger partial charge is 0.196 e. The third-order valence-corrected chi connectivity index (χ3v) is 9.39. The van der Waals surface area contributed by atoms with Gasteiger partial charge in [0.25, 0.3) is 0 Å². The van der Waals surface area contributed by atoms with Crippen LogP contribution in [0.5, 0.6) is 0 Å². The number of aromatic nitrogens is 2. The number of carbonyl (C=O) groups excluding carboxylic acids is 4. The maximum Gasteiger partial charge on any atom is 0.196 e. The number of fused-ring (bicyclic) bond motifs is 8. The molecule has 8 rings (SSSR count). The molecule has 0 saturated carbocycles. The zero-order valence-corrected chi connectivity index (χ0v) is 22.9. The molecule has 6 nitrogen and oxygen atoms in total. The van der Waals surface area contributed by atoms with Crippen molar-refractivity contribution in [3.8, 4) is 10.0 Å². The monoisotopic (exact) mass is 558 g/mol. The zero-order chi connectivity index (χ0) is 27.7. The highest BCUT2D eigenvalue weighted by molar-refractivity contribution is 7.28. The van der Waals surface area contributed by atoms with Gasteiger partial charge in [-0.1, -0.05) is 62.4 Å². The Morgan fingerprint density at radius 1 is 0.450 bits per heavy atom. The van der Waals surface area contributed by atoms with Gasteiger partial charge >= 0.3 is 0 Å². The van der Waals surface area contributed by atoms with Crippen LogP contribution in [-0.4, -0.2) is 33.1 Å². The second kappa shape index (κ2) is 8.94. The first-order chi connectivity index (χ1) is 19.5. The van der Waals surface area contributed by atoms with Crippen LogP contribution in [0.4, 0.5) is 0 Å². The molecule has 40 heavy (non-hydrogen) atoms. The second-order valence-electron chi connectivity index (χ2n) is 9.12. The quantitative estimate of drug-likeness (QED) is 0.212. The summed E-state index contributed by atoms with van der Waals surface area (Å²) in [6, 6.07) is 20.5. The van der Waals surface area contributed by atoms with E-state index in [1.54, 1.807) is 72.8 Å². The highest BCUT2D eigenvalue weighted by Gasteiger charge is 2.34. The van der Waals surface area contributed by atoms with E-state index < -0.39 is 0 Å². The number of thiazole rings is 2. The minimum absolute atomic E-state index is 0.179. The van der Waals surface area contributed by atoms with Crippen molar-refractivity contribution in [3.05, 3.63) is 117 Å². The van der Waals surface area contributed by atoms with Gasteiger partial charge in [-0.15, -0.1) is 22.7 Å². The standard InChI is InChI=1S/C30H12N2O4S2.C2H6/c33-23-13-5-1-3-7-15(13)25(35)21-17(23)9-11-19-27(21)37-29(31-19)30-32-20-12-10-18-22(28(20)38-30)26(36)16-8-4-2-6-14(16)24(18)34;1-2/h1-12H;1-2H3. The van der Waals surface area contributed by atoms with Gasteiger partial charge < -0.3 is 0 Å². The predicted octanol–water partition coefficient (Wildman–Crippen LogP) is 7.15. The molecule has 6 aromatic rings. The average Bonchev–Trinajstić information content (AvgIpc) is 3.63. The normalized spacial score (nSPS) is 13.4. The highest BCUT2D eigenvalue weighted by Crippen LogP contribution is 2.42. The zero-order valence-electron chi connectivity index (χ0n) is 21.3. The molecule has 4 aromatic carbocycles. The molecule has 0 radical (unpaired) electrons. The van der Waals surface area contributed by atoms with Crippen LogP contribution in [0.15, 0.2) is 72.8 Å². The van der Waals surface area contributed by atoms with Gasteiger partial charge in [0, 0.05) is 33.4 Å². The Morgan fingerprint density at radius 3 is 1.18 bits per heavy atom. The summed E-state index contributed by atoms with van der Waals surface area (Å²) < 4.78 is 1.26. The number of benzene rings is 4. The molecule has 2 aliphatic rings. The highest BCUT2D eigenvalue weighted by atomic mass is 32.1. The Labute approximate surface area is 236 Å². The molecule has 0 atom stereocenters. The largest absolute Gasteiger partial charge is 0.289 e. The summed E-state index contributed by atoms with van der Waals surface area (Å²) in [4.78, 5) is 62.6. The molecule has 0 amide bonds. The summed E-state index contributed by atoms with van der Waals surface area (Å²) in [5.74, 6) is -0.751. The van der Waals surface area contributed by atoms with E-state index in [2.05, 4.69) is 0 Å². The van der Waals surface area contributed by atoms with Crippen LogP contribution in [0.1, 0.15) is 77.5 Å². The van der Waals surface area contributed by atoms with Crippen LogP contribution in [-0.2, 0) is 0 Å². The van der Waals surface area contributed by atoms with E-state index in [1.165, 1.54) is 22.7 Å². The number of rotatable bonds is 1. The molecule has 0 bridgehead atoms. The molecular weight excluding hydrogens is 540 g/mol. The molecule has 0 aliphatic heterocycles. The fourth-order valence-electron chi connectivity index (χ4n) is 5.31. The lowest BCUT2D eigenvalue weighted by Gasteiger charge is -2.17. The molecule has 192 valence electrons. The minimum atomic E-state index is -0.197. The predicted molar refractivity (Wildman–Crippen MR) is 156 cm³/mol. The van der Waals surface area contributed by atoms with Gasteiger partial charge in [0.15, 0.2) is 33.1 Å². The van der Waals surface area contributed by atoms with E-state index in [4.69, 9.17) is 9.97 Å². The van der Waals surface area contributed by atoms with Gasteiger partial charge in [0.2, 0.25) is 0 Å². The first-order valence-electron chi connectivity index (χ1n) is 12.8. The number of nitrogens with zero attached hydrogens (tertiary/aromatic N) is 2. The Morgan fingerprint density at radius 2 is 0.800 bits per heavy atom. The van der Waals surface area contributed by atoms with Crippen molar-refractivity contribution in [1.82, 2.24) is 9.97 Å². The number of hydrogen-bond acceptors (Lipinski definition) is 8. The molecule has 2 aromatic heterocycles. The summed E-state index contributed by atoms with van der Waals surface area (Å²) in [7, 11) is 0. The summed E-state index contributed by atoms with van der Waals surface area (Å²) in [6.45, 7) is 4.00. The Balaban J connectivity index is 0.00000130. The average molecular weight is 559 g/mol. The number of ketones is 4. The molecule has 0 N–H and O–H groups in total. The molecule has 2 heterocycles. The first-order valence-corrected chi connectivity index (χ1v) is 14.4. The lowest BCUT2D eigenvalue weighted by atomic mass is 9.84.